The van der Waals surface area contributed by atoms with E-state index in [0.29, 0.717) is 5.89 Å². The maximum Gasteiger partial charge on any atom is 0.223 e. The van der Waals surface area contributed by atoms with Gasteiger partial charge in [0.05, 0.1) is 12.7 Å². The standard InChI is InChI=1S/C14H20N6O/c1-11-15-14(17-21-11)8-9-18(2)10-20-16-12-6-4-5-7-13(12)19(20)3/h4-7,20H,8-10H2,1-3H3. The highest BCUT2D eigenvalue weighted by molar-refractivity contribution is 5.72. The van der Waals surface area contributed by atoms with Gasteiger partial charge >= 0.3 is 0 Å². The molecule has 1 aromatic heterocycles. The van der Waals surface area contributed by atoms with Gasteiger partial charge in [0.15, 0.2) is 12.5 Å². The van der Waals surface area contributed by atoms with Crippen LogP contribution < -0.4 is 10.1 Å². The van der Waals surface area contributed by atoms with Crippen LogP contribution in [0.25, 0.3) is 5.43 Å². The molecule has 1 atom stereocenters. The van der Waals surface area contributed by atoms with Crippen LogP contribution in [0.2, 0.25) is 0 Å². The van der Waals surface area contributed by atoms with Gasteiger partial charge in [0.25, 0.3) is 0 Å². The number of aromatic nitrogens is 2. The van der Waals surface area contributed by atoms with Gasteiger partial charge in [-0.1, -0.05) is 29.0 Å². The molecule has 1 aliphatic heterocycles. The van der Waals surface area contributed by atoms with Crippen molar-refractivity contribution in [3.63, 3.8) is 0 Å². The Balaban J connectivity index is 1.53. The molecule has 0 amide bonds. The quantitative estimate of drug-likeness (QED) is 0.876. The van der Waals surface area contributed by atoms with Crippen LogP contribution in [0.5, 0.6) is 0 Å². The van der Waals surface area contributed by atoms with Gasteiger partial charge in [-0.15, -0.1) is 0 Å². The zero-order valence-electron chi connectivity index (χ0n) is 12.6. The van der Waals surface area contributed by atoms with Gasteiger partial charge in [0.1, 0.15) is 0 Å². The maximum absolute atomic E-state index is 4.98. The van der Waals surface area contributed by atoms with Crippen LogP contribution in [0.3, 0.4) is 0 Å². The highest BCUT2D eigenvalue weighted by Crippen LogP contribution is 2.31. The van der Waals surface area contributed by atoms with Crippen LogP contribution in [0.15, 0.2) is 28.8 Å². The third-order valence-corrected chi connectivity index (χ3v) is 3.58. The van der Waals surface area contributed by atoms with Gasteiger partial charge in [0.2, 0.25) is 5.89 Å². The molecule has 0 fully saturated rings. The molecule has 112 valence electrons. The van der Waals surface area contributed by atoms with Gasteiger partial charge in [-0.2, -0.15) is 4.98 Å². The molecule has 7 heteroatoms. The molecular formula is C14H20N6O. The predicted molar refractivity (Wildman–Crippen MR) is 79.1 cm³/mol. The number of fused-ring (bicyclic) bond motifs is 1. The van der Waals surface area contributed by atoms with Crippen LogP contribution in [0.1, 0.15) is 11.7 Å². The Morgan fingerprint density at radius 3 is 2.90 bits per heavy atom. The average Bonchev–Trinajstić information content (AvgIpc) is 3.02. The maximum atomic E-state index is 4.98. The number of nitrogens with one attached hydrogen (secondary N) is 1. The summed E-state index contributed by atoms with van der Waals surface area (Å²) in [5.41, 5.74) is 6.88. The summed E-state index contributed by atoms with van der Waals surface area (Å²) in [5, 5.41) is 7.11. The Kier molecular flexibility index (Phi) is 3.76. The van der Waals surface area contributed by atoms with E-state index < -0.39 is 0 Å². The molecule has 7 nitrogen and oxygen atoms in total. The minimum Gasteiger partial charge on any atom is -0.459 e. The van der Waals surface area contributed by atoms with Crippen molar-refractivity contribution in [3.05, 3.63) is 41.4 Å². The SMILES string of the molecule is Cc1nc(CCN(C)C[NH+]2[N-]c3ccccc3N2C)no1. The summed E-state index contributed by atoms with van der Waals surface area (Å²) in [6, 6.07) is 8.19. The molecule has 21 heavy (non-hydrogen) atoms. The Morgan fingerprint density at radius 1 is 1.38 bits per heavy atom. The first-order chi connectivity index (χ1) is 10.1. The summed E-state index contributed by atoms with van der Waals surface area (Å²) in [6.45, 7) is 3.46. The lowest BCUT2D eigenvalue weighted by Gasteiger charge is -2.33. The number of para-hydroxylation sites is 2. The summed E-state index contributed by atoms with van der Waals surface area (Å²) in [7, 11) is 4.13. The summed E-state index contributed by atoms with van der Waals surface area (Å²) in [4.78, 5) is 6.43. The third kappa shape index (κ3) is 2.98. The average molecular weight is 288 g/mol. The van der Waals surface area contributed by atoms with E-state index in [-0.39, 0.29) is 0 Å². The number of hydrogen-bond acceptors (Lipinski definition) is 5. The first-order valence-electron chi connectivity index (χ1n) is 7.01. The van der Waals surface area contributed by atoms with Gasteiger partial charge < -0.3 is 9.95 Å². The number of rotatable bonds is 5. The normalized spacial score (nSPS) is 17.1. The Bertz CT molecular complexity index is 613. The number of aryl methyl sites for hydroxylation is 1. The van der Waals surface area contributed by atoms with Gasteiger partial charge in [-0.05, 0) is 13.1 Å². The fourth-order valence-electron chi connectivity index (χ4n) is 2.39. The van der Waals surface area contributed by atoms with Crippen molar-refractivity contribution < 1.29 is 9.64 Å². The van der Waals surface area contributed by atoms with Crippen molar-refractivity contribution >= 4 is 11.4 Å². The molecule has 0 saturated carbocycles. The second kappa shape index (κ2) is 5.71. The van der Waals surface area contributed by atoms with E-state index in [0.717, 1.165) is 42.0 Å². The van der Waals surface area contributed by atoms with E-state index in [1.807, 2.05) is 18.2 Å². The van der Waals surface area contributed by atoms with E-state index in [2.05, 4.69) is 45.6 Å². The van der Waals surface area contributed by atoms with E-state index in [1.54, 1.807) is 6.92 Å². The lowest BCUT2D eigenvalue weighted by molar-refractivity contribution is -0.872. The van der Waals surface area contributed by atoms with Crippen LogP contribution >= 0.6 is 0 Å². The smallest absolute Gasteiger partial charge is 0.223 e. The van der Waals surface area contributed by atoms with Crippen LogP contribution in [-0.2, 0) is 6.42 Å². The van der Waals surface area contributed by atoms with Gasteiger partial charge in [-0.3, -0.25) is 10.0 Å². The second-order valence-electron chi connectivity index (χ2n) is 5.29. The lowest BCUT2D eigenvalue weighted by atomic mass is 10.3. The topological polar surface area (TPSA) is 63.9 Å². The fourth-order valence-corrected chi connectivity index (χ4v) is 2.39. The van der Waals surface area contributed by atoms with Gasteiger partial charge in [-0.25, -0.2) is 5.01 Å². The summed E-state index contributed by atoms with van der Waals surface area (Å²) in [5.74, 6) is 1.37. The third-order valence-electron chi connectivity index (χ3n) is 3.58. The summed E-state index contributed by atoms with van der Waals surface area (Å²) >= 11 is 0. The van der Waals surface area contributed by atoms with Gasteiger partial charge in [0, 0.05) is 19.9 Å². The second-order valence-corrected chi connectivity index (χ2v) is 5.29. The number of nitrogens with zero attached hydrogens (tertiary/aromatic N) is 5. The zero-order chi connectivity index (χ0) is 14.8. The number of likely N-dealkylation sites (N-methyl/N-ethyl adjacent to an activating group) is 1. The molecule has 2 heterocycles. The van der Waals surface area contributed by atoms with Crippen molar-refractivity contribution in [3.8, 4) is 0 Å². The van der Waals surface area contributed by atoms with E-state index in [1.165, 1.54) is 0 Å². The Morgan fingerprint density at radius 2 is 2.19 bits per heavy atom. The summed E-state index contributed by atoms with van der Waals surface area (Å²) < 4.78 is 4.98. The first-order valence-corrected chi connectivity index (χ1v) is 7.01. The van der Waals surface area contributed by atoms with E-state index in [9.17, 15) is 0 Å². The molecule has 3 rings (SSSR count). The monoisotopic (exact) mass is 288 g/mol. The molecule has 0 bridgehead atoms. The summed E-state index contributed by atoms with van der Waals surface area (Å²) in [6.07, 6.45) is 0.776. The van der Waals surface area contributed by atoms with Crippen LogP contribution in [0.4, 0.5) is 11.4 Å². The van der Waals surface area contributed by atoms with E-state index >= 15 is 0 Å². The molecule has 1 unspecified atom stereocenters. The number of hydrogen-bond donors (Lipinski definition) is 1. The number of benzene rings is 1. The molecule has 0 saturated heterocycles. The van der Waals surface area contributed by atoms with Crippen molar-refractivity contribution in [2.75, 3.05) is 32.3 Å². The molecule has 1 N–H and O–H groups in total. The van der Waals surface area contributed by atoms with Crippen molar-refractivity contribution in [2.45, 2.75) is 13.3 Å². The zero-order valence-corrected chi connectivity index (χ0v) is 12.6. The predicted octanol–water partition coefficient (Wildman–Crippen LogP) is 0.680. The minimum atomic E-state index is 0.614. The minimum absolute atomic E-state index is 0.614. The highest BCUT2D eigenvalue weighted by atomic mass is 16.5. The largest absolute Gasteiger partial charge is 0.459 e. The Labute approximate surface area is 124 Å². The highest BCUT2D eigenvalue weighted by Gasteiger charge is 2.20. The van der Waals surface area contributed by atoms with Crippen LogP contribution in [0, 0.1) is 6.92 Å². The molecular weight excluding hydrogens is 268 g/mol. The van der Waals surface area contributed by atoms with Crippen molar-refractivity contribution in [1.82, 2.24) is 15.0 Å². The molecule has 2 aromatic rings. The molecule has 1 aromatic carbocycles. The lowest BCUT2D eigenvalue weighted by Crippen LogP contribution is -3.14. The van der Waals surface area contributed by atoms with Crippen LogP contribution in [-0.4, -0.2) is 42.3 Å². The number of quaternary nitrogens is 1. The number of anilines is 1. The molecule has 0 aliphatic carbocycles. The van der Waals surface area contributed by atoms with Crippen molar-refractivity contribution in [2.24, 2.45) is 0 Å². The first kappa shape index (κ1) is 13.8. The van der Waals surface area contributed by atoms with E-state index in [4.69, 9.17) is 4.52 Å². The molecule has 0 spiro atoms. The fraction of sp³-hybridized carbons (Fsp3) is 0.429. The Hall–Kier alpha value is -2.12. The van der Waals surface area contributed by atoms with Crippen molar-refractivity contribution in [1.29, 1.82) is 0 Å². The molecule has 1 aliphatic rings. The molecule has 0 radical (unpaired) electrons.